The molecule has 0 bridgehead atoms. The molecule has 3 aliphatic heterocycles. The van der Waals surface area contributed by atoms with Crippen molar-refractivity contribution in [1.29, 1.82) is 0 Å². The van der Waals surface area contributed by atoms with Crippen LogP contribution in [0.4, 0.5) is 5.69 Å². The van der Waals surface area contributed by atoms with Crippen molar-refractivity contribution in [2.24, 2.45) is 5.92 Å². The highest BCUT2D eigenvalue weighted by atomic mass is 35.5. The monoisotopic (exact) mass is 467 g/mol. The molecular formula is C26H30ClN3O3. The molecule has 0 aliphatic carbocycles. The summed E-state index contributed by atoms with van der Waals surface area (Å²) < 4.78 is 11.1. The van der Waals surface area contributed by atoms with E-state index in [4.69, 9.17) is 21.1 Å². The third-order valence-corrected chi connectivity index (χ3v) is 6.96. The Morgan fingerprint density at radius 1 is 1.03 bits per heavy atom. The molecule has 5 rings (SSSR count). The number of amides is 1. The van der Waals surface area contributed by atoms with Crippen LogP contribution in [0.2, 0.25) is 5.02 Å². The molecule has 2 aromatic carbocycles. The van der Waals surface area contributed by atoms with Gasteiger partial charge in [-0.15, -0.1) is 0 Å². The standard InChI is InChI=1S/C26H30ClN3O3/c27-21-4-6-23(7-5-21)30-12-9-20(17-30)26(31)28-22(18-29-10-1-2-11-29)15-19-3-8-24-25(16-19)33-14-13-32-24/h3-8,13-14,16,20,22H,1-2,9-12,15,17-18H2,(H,28,31)/t20-,22?/m1/s1. The molecule has 2 saturated heterocycles. The van der Waals surface area contributed by atoms with Crippen molar-refractivity contribution in [3.8, 4) is 11.5 Å². The summed E-state index contributed by atoms with van der Waals surface area (Å²) in [6.45, 7) is 4.69. The average Bonchev–Trinajstić information content (AvgIpc) is 3.52. The first-order chi connectivity index (χ1) is 16.1. The Balaban J connectivity index is 1.24. The molecule has 0 radical (unpaired) electrons. The molecule has 33 heavy (non-hydrogen) atoms. The van der Waals surface area contributed by atoms with Gasteiger partial charge in [-0.2, -0.15) is 0 Å². The predicted octanol–water partition coefficient (Wildman–Crippen LogP) is 4.23. The third-order valence-electron chi connectivity index (χ3n) is 6.71. The first kappa shape index (κ1) is 22.1. The van der Waals surface area contributed by atoms with Crippen molar-refractivity contribution >= 4 is 23.2 Å². The number of carbonyl (C=O) groups excluding carboxylic acids is 1. The van der Waals surface area contributed by atoms with E-state index in [1.165, 1.54) is 19.1 Å². The van der Waals surface area contributed by atoms with Crippen molar-refractivity contribution in [3.63, 3.8) is 0 Å². The fraction of sp³-hybridized carbons (Fsp3) is 0.423. The van der Waals surface area contributed by atoms with Crippen molar-refractivity contribution < 1.29 is 14.3 Å². The number of hydrogen-bond donors (Lipinski definition) is 1. The van der Waals surface area contributed by atoms with Crippen molar-refractivity contribution in [1.82, 2.24) is 10.2 Å². The highest BCUT2D eigenvalue weighted by Crippen LogP contribution is 2.32. The number of hydrogen-bond acceptors (Lipinski definition) is 5. The number of rotatable bonds is 7. The molecule has 174 valence electrons. The lowest BCUT2D eigenvalue weighted by Crippen LogP contribution is -2.46. The van der Waals surface area contributed by atoms with Gasteiger partial charge in [-0.3, -0.25) is 4.79 Å². The normalized spacial score (nSPS) is 20.8. The van der Waals surface area contributed by atoms with Crippen LogP contribution in [-0.4, -0.2) is 49.6 Å². The third kappa shape index (κ3) is 5.45. The molecule has 0 aromatic heterocycles. The second kappa shape index (κ2) is 10.1. The minimum absolute atomic E-state index is 0.00726. The number of anilines is 1. The minimum Gasteiger partial charge on any atom is -0.458 e. The van der Waals surface area contributed by atoms with E-state index in [0.29, 0.717) is 0 Å². The molecule has 1 unspecified atom stereocenters. The van der Waals surface area contributed by atoms with Crippen molar-refractivity contribution in [3.05, 3.63) is 65.6 Å². The molecule has 3 aliphatic rings. The highest BCUT2D eigenvalue weighted by molar-refractivity contribution is 6.30. The maximum atomic E-state index is 13.3. The maximum absolute atomic E-state index is 13.3. The van der Waals surface area contributed by atoms with E-state index in [0.717, 1.165) is 73.3 Å². The van der Waals surface area contributed by atoms with E-state index >= 15 is 0 Å². The van der Waals surface area contributed by atoms with Gasteiger partial charge in [0.25, 0.3) is 0 Å². The summed E-state index contributed by atoms with van der Waals surface area (Å²) in [5.41, 5.74) is 2.25. The van der Waals surface area contributed by atoms with Crippen LogP contribution in [-0.2, 0) is 11.2 Å². The second-order valence-electron chi connectivity index (χ2n) is 9.11. The van der Waals surface area contributed by atoms with E-state index in [2.05, 4.69) is 21.2 Å². The van der Waals surface area contributed by atoms with Gasteiger partial charge >= 0.3 is 0 Å². The molecule has 0 spiro atoms. The van der Waals surface area contributed by atoms with Crippen LogP contribution >= 0.6 is 11.6 Å². The maximum Gasteiger partial charge on any atom is 0.225 e. The predicted molar refractivity (Wildman–Crippen MR) is 130 cm³/mol. The Kier molecular flexibility index (Phi) is 6.74. The fourth-order valence-electron chi connectivity index (χ4n) is 4.97. The summed E-state index contributed by atoms with van der Waals surface area (Å²) in [6.07, 6.45) is 7.17. The first-order valence-electron chi connectivity index (χ1n) is 11.8. The summed E-state index contributed by atoms with van der Waals surface area (Å²) in [6, 6.07) is 13.9. The smallest absolute Gasteiger partial charge is 0.225 e. The molecule has 2 aromatic rings. The number of halogens is 1. The van der Waals surface area contributed by atoms with Gasteiger partial charge in [0, 0.05) is 36.4 Å². The molecule has 1 amide bonds. The second-order valence-corrected chi connectivity index (χ2v) is 9.55. The van der Waals surface area contributed by atoms with Gasteiger partial charge < -0.3 is 24.6 Å². The lowest BCUT2D eigenvalue weighted by molar-refractivity contribution is -0.125. The van der Waals surface area contributed by atoms with E-state index in [-0.39, 0.29) is 17.9 Å². The van der Waals surface area contributed by atoms with Gasteiger partial charge in [0.2, 0.25) is 5.91 Å². The van der Waals surface area contributed by atoms with Crippen LogP contribution in [0, 0.1) is 5.92 Å². The van der Waals surface area contributed by atoms with Crippen LogP contribution < -0.4 is 19.7 Å². The summed E-state index contributed by atoms with van der Waals surface area (Å²) in [5.74, 6) is 1.58. The van der Waals surface area contributed by atoms with Crippen LogP contribution in [0.1, 0.15) is 24.8 Å². The number of nitrogens with one attached hydrogen (secondary N) is 1. The topological polar surface area (TPSA) is 54.0 Å². The summed E-state index contributed by atoms with van der Waals surface area (Å²) in [5, 5.41) is 4.11. The SMILES string of the molecule is O=C(NC(Cc1ccc2c(c1)OC=CO2)CN1CCCC1)[C@@H]1CCN(c2ccc(Cl)cc2)C1. The largest absolute Gasteiger partial charge is 0.458 e. The van der Waals surface area contributed by atoms with Gasteiger partial charge in [-0.05, 0) is 80.7 Å². The molecule has 7 heteroatoms. The van der Waals surface area contributed by atoms with Crippen LogP contribution in [0.15, 0.2) is 55.0 Å². The van der Waals surface area contributed by atoms with Gasteiger partial charge in [-0.25, -0.2) is 0 Å². The number of benzene rings is 2. The Morgan fingerprint density at radius 2 is 1.79 bits per heavy atom. The Bertz CT molecular complexity index is 1000. The Labute approximate surface area is 200 Å². The summed E-state index contributed by atoms with van der Waals surface area (Å²) in [7, 11) is 0. The zero-order chi connectivity index (χ0) is 22.6. The van der Waals surface area contributed by atoms with Crippen LogP contribution in [0.3, 0.4) is 0 Å². The number of nitrogens with zero attached hydrogens (tertiary/aromatic N) is 2. The quantitative estimate of drug-likeness (QED) is 0.660. The van der Waals surface area contributed by atoms with Gasteiger partial charge in [0.1, 0.15) is 12.5 Å². The molecule has 3 heterocycles. The van der Waals surface area contributed by atoms with E-state index < -0.39 is 0 Å². The Hall–Kier alpha value is -2.70. The van der Waals surface area contributed by atoms with Crippen LogP contribution in [0.25, 0.3) is 0 Å². The van der Waals surface area contributed by atoms with E-state index in [1.54, 1.807) is 6.26 Å². The lowest BCUT2D eigenvalue weighted by atomic mass is 10.0. The molecule has 2 fully saturated rings. The van der Waals surface area contributed by atoms with Crippen LogP contribution in [0.5, 0.6) is 11.5 Å². The summed E-state index contributed by atoms with van der Waals surface area (Å²) >= 11 is 6.03. The van der Waals surface area contributed by atoms with Gasteiger partial charge in [-0.1, -0.05) is 17.7 Å². The summed E-state index contributed by atoms with van der Waals surface area (Å²) in [4.78, 5) is 18.0. The number of ether oxygens (including phenoxy) is 2. The van der Waals surface area contributed by atoms with E-state index in [9.17, 15) is 4.79 Å². The Morgan fingerprint density at radius 3 is 2.58 bits per heavy atom. The lowest BCUT2D eigenvalue weighted by Gasteiger charge is -2.26. The molecule has 0 saturated carbocycles. The highest BCUT2D eigenvalue weighted by Gasteiger charge is 2.30. The molecule has 6 nitrogen and oxygen atoms in total. The number of likely N-dealkylation sites (tertiary alicyclic amines) is 1. The fourth-order valence-corrected chi connectivity index (χ4v) is 5.10. The number of carbonyl (C=O) groups is 1. The van der Waals surface area contributed by atoms with E-state index in [1.807, 2.05) is 36.4 Å². The molecule has 1 N–H and O–H groups in total. The molecular weight excluding hydrogens is 438 g/mol. The zero-order valence-electron chi connectivity index (χ0n) is 18.7. The zero-order valence-corrected chi connectivity index (χ0v) is 19.5. The number of fused-ring (bicyclic) bond motifs is 1. The minimum atomic E-state index is -0.00726. The van der Waals surface area contributed by atoms with Crippen molar-refractivity contribution in [2.75, 3.05) is 37.6 Å². The van der Waals surface area contributed by atoms with Gasteiger partial charge in [0.15, 0.2) is 11.5 Å². The van der Waals surface area contributed by atoms with Crippen molar-refractivity contribution in [2.45, 2.75) is 31.7 Å². The first-order valence-corrected chi connectivity index (χ1v) is 12.2. The van der Waals surface area contributed by atoms with Gasteiger partial charge in [0.05, 0.1) is 5.92 Å². The molecule has 2 atom stereocenters. The average molecular weight is 468 g/mol.